The average molecular weight is 877 g/mol. The minimum Gasteiger partial charge on any atom is -0.488 e. The van der Waals surface area contributed by atoms with Gasteiger partial charge in [-0.3, -0.25) is 4.79 Å². The first kappa shape index (κ1) is 48.5. The molecular weight excluding hydrogens is 816 g/mol. The number of carbonyl (C=O) groups is 2. The fraction of sp³-hybridized carbons (Fsp3) is 0.571. The Balaban J connectivity index is 0.000000302. The molecule has 2 aromatic rings. The molecule has 0 aromatic heterocycles. The summed E-state index contributed by atoms with van der Waals surface area (Å²) >= 11 is 0. The van der Waals surface area contributed by atoms with E-state index in [0.29, 0.717) is 12.1 Å². The van der Waals surface area contributed by atoms with E-state index in [4.69, 9.17) is 19.8 Å². The van der Waals surface area contributed by atoms with Crippen molar-refractivity contribution in [3.05, 3.63) is 85.1 Å². The van der Waals surface area contributed by atoms with Crippen molar-refractivity contribution in [1.82, 2.24) is 19.8 Å². The van der Waals surface area contributed by atoms with Crippen LogP contribution >= 0.6 is 0 Å². The topological polar surface area (TPSA) is 112 Å². The van der Waals surface area contributed by atoms with Crippen molar-refractivity contribution in [3.63, 3.8) is 0 Å². The summed E-state index contributed by atoms with van der Waals surface area (Å²) in [5.74, 6) is 0.988. The summed E-state index contributed by atoms with van der Waals surface area (Å²) in [6.45, 7) is 21.5. The number of hydrogen-bond acceptors (Lipinski definition) is 8. The summed E-state index contributed by atoms with van der Waals surface area (Å²) in [7, 11) is 0. The first-order valence-electron chi connectivity index (χ1n) is 19.4. The number of rotatable bonds is 8. The largest absolute Gasteiger partial charge is 2.00 e. The van der Waals surface area contributed by atoms with E-state index in [1.165, 1.54) is 49.7 Å². The quantitative estimate of drug-likeness (QED) is 0.200. The fourth-order valence-corrected chi connectivity index (χ4v) is 7.68. The normalized spacial score (nSPS) is 24.4. The zero-order chi connectivity index (χ0) is 40.7. The minimum absolute atomic E-state index is 0. The van der Waals surface area contributed by atoms with Crippen LogP contribution in [0.2, 0.25) is 0 Å². The van der Waals surface area contributed by atoms with Gasteiger partial charge in [0.2, 0.25) is 0 Å². The maximum absolute atomic E-state index is 10.6. The summed E-state index contributed by atoms with van der Waals surface area (Å²) in [5.41, 5.74) is 2.65. The predicted octanol–water partition coefficient (Wildman–Crippen LogP) is 9.38. The molecule has 2 N–H and O–H groups in total. The molecule has 2 aliphatic carbocycles. The van der Waals surface area contributed by atoms with Crippen LogP contribution in [0, 0.1) is 48.8 Å². The Kier molecular flexibility index (Phi) is 20.4. The van der Waals surface area contributed by atoms with E-state index in [0.717, 1.165) is 55.5 Å². The molecule has 314 valence electrons. The zero-order valence-corrected chi connectivity index (χ0v) is 35.3. The number of hydrazone groups is 2. The van der Waals surface area contributed by atoms with Crippen LogP contribution < -0.4 is 0 Å². The number of nitrogens with zero attached hydrogens (tertiary/aromatic N) is 6. The predicted molar refractivity (Wildman–Crippen MR) is 210 cm³/mol. The smallest absolute Gasteiger partial charge is 0.488 e. The van der Waals surface area contributed by atoms with Crippen molar-refractivity contribution >= 4 is 24.6 Å². The van der Waals surface area contributed by atoms with Gasteiger partial charge in [-0.25, -0.2) is 15.0 Å². The van der Waals surface area contributed by atoms with Crippen LogP contribution in [0.1, 0.15) is 98.1 Å². The number of carboxylic acids is 2. The molecule has 0 spiro atoms. The molecule has 2 saturated carbocycles. The molecule has 2 heterocycles. The molecule has 2 fully saturated rings. The number of hydrogen-bond donors (Lipinski definition) is 2. The molecule has 0 radical (unpaired) electrons. The Morgan fingerprint density at radius 2 is 1.04 bits per heavy atom. The van der Waals surface area contributed by atoms with Crippen LogP contribution in [-0.2, 0) is 43.1 Å². The number of aliphatic carboxylic acids is 2. The number of alkyl halides is 3. The van der Waals surface area contributed by atoms with Crippen LogP contribution in [0.4, 0.5) is 13.2 Å². The zero-order valence-electron chi connectivity index (χ0n) is 33.7. The third-order valence-corrected chi connectivity index (χ3v) is 10.5. The van der Waals surface area contributed by atoms with Crippen molar-refractivity contribution in [2.24, 2.45) is 45.7 Å². The number of halogens is 3. The van der Waals surface area contributed by atoms with Gasteiger partial charge in [-0.1, -0.05) is 115 Å². The molecule has 6 atom stereocenters. The summed E-state index contributed by atoms with van der Waals surface area (Å²) in [6, 6.07) is 22.3. The summed E-state index contributed by atoms with van der Waals surface area (Å²) < 4.78 is 31.7. The second-order valence-corrected chi connectivity index (χ2v) is 15.9. The monoisotopic (exact) mass is 876 g/mol. The number of carboxylic acid groups (broad SMARTS) is 2. The molecule has 10 nitrogen and oxygen atoms in total. The SMILES string of the molecule is CC(=O)O.CC(C)[C@H]1CC[C@H](C)C[C@H]1N1[CH-]N(Cc2ccccc2)C=N1.CC(C)[C@H]1CC[C@H](C)C[C@H]1N1[CH-]N(Cc2ccccc2)C=N1.O=C(O)C(F)(F)F.[Pd+2]. The Morgan fingerprint density at radius 1 is 0.714 bits per heavy atom. The van der Waals surface area contributed by atoms with Crippen LogP contribution in [-0.4, -0.2) is 72.9 Å². The van der Waals surface area contributed by atoms with Crippen LogP contribution in [0.3, 0.4) is 0 Å². The van der Waals surface area contributed by atoms with E-state index in [1.54, 1.807) is 0 Å². The Labute approximate surface area is 345 Å². The second-order valence-electron chi connectivity index (χ2n) is 15.9. The standard InChI is InChI=1S/2C19H28N3.C2HF3O2.C2H4O2.Pd/c2*1-15(2)18-10-9-16(3)11-19(18)22-14-21(13-20-22)12-17-7-5-4-6-8-17;3-2(4,5)1(6)7;1-2(3)4;/h2*4-8,13-16,18-19H,9-12H2,1-3H3;(H,6,7);1H3,(H,3,4);/q2*-1;;;+2/t2*16-,18+,19+;;;/m00.../s1. The van der Waals surface area contributed by atoms with E-state index in [-0.39, 0.29) is 20.4 Å². The van der Waals surface area contributed by atoms with Gasteiger partial charge >= 0.3 is 32.6 Å². The average Bonchev–Trinajstić information content (AvgIpc) is 3.79. The summed E-state index contributed by atoms with van der Waals surface area (Å²) in [6.07, 6.45) is 6.79. The van der Waals surface area contributed by atoms with E-state index in [9.17, 15) is 13.2 Å². The molecule has 2 aliphatic heterocycles. The van der Waals surface area contributed by atoms with Crippen molar-refractivity contribution in [1.29, 1.82) is 0 Å². The molecule has 2 aromatic carbocycles. The van der Waals surface area contributed by atoms with Crippen LogP contribution in [0.15, 0.2) is 70.9 Å². The van der Waals surface area contributed by atoms with Gasteiger partial charge in [-0.2, -0.15) is 13.2 Å². The van der Waals surface area contributed by atoms with Gasteiger partial charge in [0.25, 0.3) is 5.97 Å². The maximum atomic E-state index is 10.6. The minimum atomic E-state index is -5.08. The van der Waals surface area contributed by atoms with Crippen molar-refractivity contribution in [2.45, 2.75) is 118 Å². The molecule has 6 rings (SSSR count). The van der Waals surface area contributed by atoms with Gasteiger partial charge < -0.3 is 30.0 Å². The van der Waals surface area contributed by atoms with Crippen LogP contribution in [0.25, 0.3) is 0 Å². The maximum Gasteiger partial charge on any atom is 2.00 e. The van der Waals surface area contributed by atoms with Gasteiger partial charge in [0.15, 0.2) is 0 Å². The van der Waals surface area contributed by atoms with Crippen molar-refractivity contribution in [2.75, 3.05) is 0 Å². The molecular formula is C42H61F3N6O4Pd. The molecule has 14 heteroatoms. The van der Waals surface area contributed by atoms with E-state index in [2.05, 4.69) is 146 Å². The Bertz CT molecular complexity index is 1400. The summed E-state index contributed by atoms with van der Waals surface area (Å²) in [5, 5.41) is 28.4. The Morgan fingerprint density at radius 3 is 1.32 bits per heavy atom. The van der Waals surface area contributed by atoms with Gasteiger partial charge in [0, 0.05) is 32.1 Å². The van der Waals surface area contributed by atoms with E-state index in [1.807, 2.05) is 12.7 Å². The Hall–Kier alpha value is -3.63. The fourth-order valence-electron chi connectivity index (χ4n) is 7.68. The van der Waals surface area contributed by atoms with Crippen molar-refractivity contribution in [3.8, 4) is 0 Å². The van der Waals surface area contributed by atoms with Crippen LogP contribution in [0.5, 0.6) is 0 Å². The van der Waals surface area contributed by atoms with Gasteiger partial charge in [-0.15, -0.1) is 13.3 Å². The first-order valence-corrected chi connectivity index (χ1v) is 19.4. The molecule has 0 amide bonds. The molecule has 56 heavy (non-hydrogen) atoms. The summed E-state index contributed by atoms with van der Waals surface area (Å²) in [4.78, 5) is 22.3. The second kappa shape index (κ2) is 23.6. The molecule has 0 unspecified atom stereocenters. The van der Waals surface area contributed by atoms with E-state index < -0.39 is 18.1 Å². The number of benzene rings is 2. The molecule has 4 aliphatic rings. The van der Waals surface area contributed by atoms with Gasteiger partial charge in [-0.05, 0) is 72.3 Å². The molecule has 0 saturated heterocycles. The third-order valence-electron chi connectivity index (χ3n) is 10.5. The van der Waals surface area contributed by atoms with Gasteiger partial charge in [0.1, 0.15) is 0 Å². The van der Waals surface area contributed by atoms with E-state index >= 15 is 0 Å². The van der Waals surface area contributed by atoms with Gasteiger partial charge in [0.05, 0.1) is 12.7 Å². The van der Waals surface area contributed by atoms with Crippen molar-refractivity contribution < 1.29 is 53.4 Å². The molecule has 0 bridgehead atoms. The third kappa shape index (κ3) is 16.5. The first-order chi connectivity index (χ1) is 25.9.